The van der Waals surface area contributed by atoms with E-state index in [1.165, 1.54) is 5.69 Å². The number of nitrogens with zero attached hydrogens (tertiary/aromatic N) is 2. The molecule has 0 aromatic heterocycles. The molecule has 0 amide bonds. The molecule has 0 spiro atoms. The van der Waals surface area contributed by atoms with Gasteiger partial charge >= 0.3 is 0 Å². The molecule has 0 saturated carbocycles. The molecular weight excluding hydrogens is 264 g/mol. The molecule has 1 fully saturated rings. The van der Waals surface area contributed by atoms with E-state index in [1.807, 2.05) is 19.2 Å². The van der Waals surface area contributed by atoms with Crippen molar-refractivity contribution < 1.29 is 4.74 Å². The summed E-state index contributed by atoms with van der Waals surface area (Å²) >= 11 is 0. The van der Waals surface area contributed by atoms with Crippen molar-refractivity contribution in [3.63, 3.8) is 0 Å². The third-order valence-electron chi connectivity index (χ3n) is 3.72. The molecule has 1 aromatic rings. The van der Waals surface area contributed by atoms with E-state index >= 15 is 0 Å². The number of para-hydroxylation sites is 2. The Bertz CT molecular complexity index is 475. The summed E-state index contributed by atoms with van der Waals surface area (Å²) in [6, 6.07) is 8.60. The lowest BCUT2D eigenvalue weighted by Gasteiger charge is -2.22. The van der Waals surface area contributed by atoms with E-state index in [9.17, 15) is 0 Å². The van der Waals surface area contributed by atoms with E-state index in [-0.39, 0.29) is 0 Å². The summed E-state index contributed by atoms with van der Waals surface area (Å²) in [5.74, 6) is 1.83. The summed E-state index contributed by atoms with van der Waals surface area (Å²) < 4.78 is 5.45. The van der Waals surface area contributed by atoms with Gasteiger partial charge in [-0.1, -0.05) is 19.1 Å². The molecule has 0 radical (unpaired) electrons. The normalized spacial score (nSPS) is 18.7. The lowest BCUT2D eigenvalue weighted by Crippen LogP contribution is -2.44. The van der Waals surface area contributed by atoms with Crippen LogP contribution in [0, 0.1) is 0 Å². The first-order valence-corrected chi connectivity index (χ1v) is 7.63. The van der Waals surface area contributed by atoms with Crippen molar-refractivity contribution in [2.45, 2.75) is 25.8 Å². The Morgan fingerprint density at radius 3 is 2.95 bits per heavy atom. The number of guanidine groups is 1. The summed E-state index contributed by atoms with van der Waals surface area (Å²) in [7, 11) is 3.54. The van der Waals surface area contributed by atoms with Crippen molar-refractivity contribution in [3.8, 4) is 5.75 Å². The van der Waals surface area contributed by atoms with Crippen LogP contribution in [-0.4, -0.2) is 45.8 Å². The van der Waals surface area contributed by atoms with E-state index in [4.69, 9.17) is 4.74 Å². The zero-order valence-electron chi connectivity index (χ0n) is 13.2. The van der Waals surface area contributed by atoms with Gasteiger partial charge in [-0.2, -0.15) is 0 Å². The van der Waals surface area contributed by atoms with Crippen LogP contribution in [0.15, 0.2) is 29.3 Å². The minimum atomic E-state index is 0.415. The predicted octanol–water partition coefficient (Wildman–Crippen LogP) is 1.85. The number of hydrogen-bond acceptors (Lipinski definition) is 3. The predicted molar refractivity (Wildman–Crippen MR) is 88.4 cm³/mol. The Morgan fingerprint density at radius 2 is 2.24 bits per heavy atom. The Balaban J connectivity index is 1.94. The first-order chi connectivity index (χ1) is 10.3. The van der Waals surface area contributed by atoms with Crippen LogP contribution in [0.3, 0.4) is 0 Å². The van der Waals surface area contributed by atoms with Gasteiger partial charge < -0.3 is 20.3 Å². The molecule has 116 valence electrons. The van der Waals surface area contributed by atoms with E-state index in [0.29, 0.717) is 6.04 Å². The molecule has 1 unspecified atom stereocenters. The van der Waals surface area contributed by atoms with Gasteiger partial charge in [-0.15, -0.1) is 0 Å². The van der Waals surface area contributed by atoms with E-state index in [2.05, 4.69) is 39.6 Å². The van der Waals surface area contributed by atoms with Crippen LogP contribution in [0.1, 0.15) is 19.8 Å². The maximum absolute atomic E-state index is 5.45. The minimum absolute atomic E-state index is 0.415. The Labute approximate surface area is 127 Å². The summed E-state index contributed by atoms with van der Waals surface area (Å²) in [6.07, 6.45) is 2.20. The molecule has 0 aliphatic carbocycles. The average Bonchev–Trinajstić information content (AvgIpc) is 2.99. The maximum atomic E-state index is 5.45. The SMILES string of the molecule is CCCNC(=NC)NC1CCN(c2ccccc2OC)C1. The molecule has 0 bridgehead atoms. The molecule has 1 heterocycles. The number of ether oxygens (including phenoxy) is 1. The van der Waals surface area contributed by atoms with E-state index in [0.717, 1.165) is 44.2 Å². The average molecular weight is 290 g/mol. The van der Waals surface area contributed by atoms with Crippen LogP contribution >= 0.6 is 0 Å². The molecule has 1 aromatic carbocycles. The molecule has 1 saturated heterocycles. The largest absolute Gasteiger partial charge is 0.495 e. The van der Waals surface area contributed by atoms with Gasteiger partial charge in [0.1, 0.15) is 5.75 Å². The van der Waals surface area contributed by atoms with E-state index < -0.39 is 0 Å². The third-order valence-corrected chi connectivity index (χ3v) is 3.72. The number of rotatable bonds is 5. The Morgan fingerprint density at radius 1 is 1.43 bits per heavy atom. The number of hydrogen-bond donors (Lipinski definition) is 2. The Kier molecular flexibility index (Phi) is 5.72. The maximum Gasteiger partial charge on any atom is 0.191 e. The van der Waals surface area contributed by atoms with Crippen LogP contribution in [0.25, 0.3) is 0 Å². The molecular formula is C16H26N4O. The van der Waals surface area contributed by atoms with Crippen LogP contribution in [0.2, 0.25) is 0 Å². The summed E-state index contributed by atoms with van der Waals surface area (Å²) in [4.78, 5) is 6.64. The number of methoxy groups -OCH3 is 1. The molecule has 21 heavy (non-hydrogen) atoms. The van der Waals surface area contributed by atoms with Crippen LogP contribution in [-0.2, 0) is 0 Å². The standard InChI is InChI=1S/C16H26N4O/c1-4-10-18-16(17-2)19-13-9-11-20(12-13)14-7-5-6-8-15(14)21-3/h5-8,13H,4,9-12H2,1-3H3,(H2,17,18,19). The van der Waals surface area contributed by atoms with Gasteiger partial charge in [0.15, 0.2) is 5.96 Å². The zero-order valence-corrected chi connectivity index (χ0v) is 13.2. The van der Waals surface area contributed by atoms with Gasteiger partial charge in [0.25, 0.3) is 0 Å². The topological polar surface area (TPSA) is 48.9 Å². The molecule has 1 aliphatic rings. The van der Waals surface area contributed by atoms with Crippen molar-refractivity contribution in [1.29, 1.82) is 0 Å². The van der Waals surface area contributed by atoms with Crippen LogP contribution in [0.5, 0.6) is 5.75 Å². The highest BCUT2D eigenvalue weighted by Crippen LogP contribution is 2.30. The highest BCUT2D eigenvalue weighted by Gasteiger charge is 2.25. The molecule has 1 atom stereocenters. The van der Waals surface area contributed by atoms with Gasteiger partial charge in [0.05, 0.1) is 12.8 Å². The molecule has 5 nitrogen and oxygen atoms in total. The van der Waals surface area contributed by atoms with Gasteiger partial charge in [-0.25, -0.2) is 0 Å². The fraction of sp³-hybridized carbons (Fsp3) is 0.562. The van der Waals surface area contributed by atoms with Crippen molar-refractivity contribution >= 4 is 11.6 Å². The first-order valence-electron chi connectivity index (χ1n) is 7.63. The van der Waals surface area contributed by atoms with Crippen molar-refractivity contribution in [3.05, 3.63) is 24.3 Å². The summed E-state index contributed by atoms with van der Waals surface area (Å²) in [6.45, 7) is 5.10. The molecule has 2 rings (SSSR count). The third kappa shape index (κ3) is 4.03. The highest BCUT2D eigenvalue weighted by atomic mass is 16.5. The lowest BCUT2D eigenvalue weighted by atomic mass is 10.2. The number of nitrogens with one attached hydrogen (secondary N) is 2. The fourth-order valence-electron chi connectivity index (χ4n) is 2.62. The second-order valence-corrected chi connectivity index (χ2v) is 5.25. The summed E-state index contributed by atoms with van der Waals surface area (Å²) in [5.41, 5.74) is 1.17. The van der Waals surface area contributed by atoms with Crippen molar-refractivity contribution in [1.82, 2.24) is 10.6 Å². The smallest absolute Gasteiger partial charge is 0.191 e. The molecule has 1 aliphatic heterocycles. The molecule has 2 N–H and O–H groups in total. The van der Waals surface area contributed by atoms with Gasteiger partial charge in [-0.05, 0) is 25.0 Å². The quantitative estimate of drug-likeness (QED) is 0.642. The highest BCUT2D eigenvalue weighted by molar-refractivity contribution is 5.80. The monoisotopic (exact) mass is 290 g/mol. The first kappa shape index (κ1) is 15.5. The van der Waals surface area contributed by atoms with Gasteiger partial charge in [-0.3, -0.25) is 4.99 Å². The van der Waals surface area contributed by atoms with Crippen molar-refractivity contribution in [2.75, 3.05) is 38.7 Å². The zero-order chi connectivity index (χ0) is 15.1. The number of aliphatic imine (C=N–C) groups is 1. The summed E-state index contributed by atoms with van der Waals surface area (Å²) in [5, 5.41) is 6.81. The minimum Gasteiger partial charge on any atom is -0.495 e. The number of anilines is 1. The van der Waals surface area contributed by atoms with Gasteiger partial charge in [0, 0.05) is 32.7 Å². The van der Waals surface area contributed by atoms with E-state index in [1.54, 1.807) is 7.11 Å². The van der Waals surface area contributed by atoms with Gasteiger partial charge in [0.2, 0.25) is 0 Å². The second-order valence-electron chi connectivity index (χ2n) is 5.25. The second kappa shape index (κ2) is 7.76. The lowest BCUT2D eigenvalue weighted by molar-refractivity contribution is 0.415. The van der Waals surface area contributed by atoms with Crippen LogP contribution in [0.4, 0.5) is 5.69 Å². The van der Waals surface area contributed by atoms with Crippen molar-refractivity contribution in [2.24, 2.45) is 4.99 Å². The molecule has 5 heteroatoms. The fourth-order valence-corrected chi connectivity index (χ4v) is 2.62. The van der Waals surface area contributed by atoms with Crippen LogP contribution < -0.4 is 20.3 Å². The Hall–Kier alpha value is -1.91. The number of benzene rings is 1.